The van der Waals surface area contributed by atoms with E-state index in [0.717, 1.165) is 0 Å². The van der Waals surface area contributed by atoms with Crippen molar-refractivity contribution in [2.24, 2.45) is 0 Å². The highest BCUT2D eigenvalue weighted by atomic mass is 32.2. The average Bonchev–Trinajstić information content (AvgIpc) is 2.34. The highest BCUT2D eigenvalue weighted by molar-refractivity contribution is 7.91. The summed E-state index contributed by atoms with van der Waals surface area (Å²) >= 11 is 0. The number of carboxylic acids is 1. The molecule has 1 aliphatic rings. The summed E-state index contributed by atoms with van der Waals surface area (Å²) in [5.74, 6) is -2.14. The molecular weight excluding hydrogens is 273 g/mol. The fourth-order valence-corrected chi connectivity index (χ4v) is 3.62. The number of sulfone groups is 1. The summed E-state index contributed by atoms with van der Waals surface area (Å²) < 4.78 is 36.3. The van der Waals surface area contributed by atoms with Gasteiger partial charge in [-0.2, -0.15) is 0 Å². The molecule has 7 heteroatoms. The van der Waals surface area contributed by atoms with Crippen LogP contribution in [0.15, 0.2) is 24.3 Å². The van der Waals surface area contributed by atoms with Crippen LogP contribution in [0.2, 0.25) is 0 Å². The van der Waals surface area contributed by atoms with Crippen molar-refractivity contribution in [3.63, 3.8) is 0 Å². The van der Waals surface area contributed by atoms with E-state index in [9.17, 15) is 22.7 Å². The molecule has 0 radical (unpaired) electrons. The largest absolute Gasteiger partial charge is 0.480 e. The lowest BCUT2D eigenvalue weighted by Crippen LogP contribution is -2.52. The molecule has 0 spiro atoms. The highest BCUT2D eigenvalue weighted by Gasteiger charge is 2.44. The SMILES string of the molecule is O=C(O)C1(Nc2ccccc2F)CCS(=O)(=O)CC1. The molecule has 2 N–H and O–H groups in total. The van der Waals surface area contributed by atoms with Crippen molar-refractivity contribution in [3.05, 3.63) is 30.1 Å². The Morgan fingerprint density at radius 3 is 2.37 bits per heavy atom. The molecule has 1 aliphatic heterocycles. The minimum Gasteiger partial charge on any atom is -0.480 e. The van der Waals surface area contributed by atoms with Crippen LogP contribution >= 0.6 is 0 Å². The molecule has 0 bridgehead atoms. The van der Waals surface area contributed by atoms with Crippen molar-refractivity contribution in [1.82, 2.24) is 0 Å². The minimum atomic E-state index is -3.19. The number of rotatable bonds is 3. The van der Waals surface area contributed by atoms with Gasteiger partial charge >= 0.3 is 5.97 Å². The second kappa shape index (κ2) is 4.80. The van der Waals surface area contributed by atoms with Crippen molar-refractivity contribution in [2.45, 2.75) is 18.4 Å². The molecule has 104 valence electrons. The average molecular weight is 287 g/mol. The monoisotopic (exact) mass is 287 g/mol. The van der Waals surface area contributed by atoms with E-state index >= 15 is 0 Å². The van der Waals surface area contributed by atoms with Crippen molar-refractivity contribution < 1.29 is 22.7 Å². The zero-order valence-corrected chi connectivity index (χ0v) is 10.9. The van der Waals surface area contributed by atoms with Crippen molar-refractivity contribution in [2.75, 3.05) is 16.8 Å². The summed E-state index contributed by atoms with van der Waals surface area (Å²) in [6.07, 6.45) is -0.141. The third kappa shape index (κ3) is 2.86. The normalized spacial score (nSPS) is 20.7. The third-order valence-electron chi connectivity index (χ3n) is 3.34. The van der Waals surface area contributed by atoms with E-state index in [1.807, 2.05) is 0 Å². The second-order valence-electron chi connectivity index (χ2n) is 4.64. The maximum atomic E-state index is 13.6. The predicted molar refractivity (Wildman–Crippen MR) is 68.3 cm³/mol. The number of halogens is 1. The van der Waals surface area contributed by atoms with Gasteiger partial charge in [-0.3, -0.25) is 0 Å². The smallest absolute Gasteiger partial charge is 0.329 e. The maximum absolute atomic E-state index is 13.6. The number of nitrogens with one attached hydrogen (secondary N) is 1. The van der Waals surface area contributed by atoms with Crippen LogP contribution in [0, 0.1) is 5.82 Å². The van der Waals surface area contributed by atoms with Gasteiger partial charge in [-0.1, -0.05) is 12.1 Å². The number of anilines is 1. The molecule has 0 amide bonds. The molecule has 2 rings (SSSR count). The van der Waals surface area contributed by atoms with Gasteiger partial charge in [0.1, 0.15) is 11.4 Å². The molecule has 0 saturated carbocycles. The molecule has 0 aromatic heterocycles. The Kier molecular flexibility index (Phi) is 3.49. The topological polar surface area (TPSA) is 83.5 Å². The number of carboxylic acid groups (broad SMARTS) is 1. The van der Waals surface area contributed by atoms with E-state index in [0.29, 0.717) is 0 Å². The van der Waals surface area contributed by atoms with Crippen LogP contribution in [0.5, 0.6) is 0 Å². The van der Waals surface area contributed by atoms with Gasteiger partial charge in [0, 0.05) is 0 Å². The first kappa shape index (κ1) is 13.8. The molecule has 0 unspecified atom stereocenters. The number of hydrogen-bond acceptors (Lipinski definition) is 4. The Morgan fingerprint density at radius 2 is 1.84 bits per heavy atom. The third-order valence-corrected chi connectivity index (χ3v) is 4.99. The Labute approximate surface area is 110 Å². The van der Waals surface area contributed by atoms with Crippen LogP contribution in [0.3, 0.4) is 0 Å². The van der Waals surface area contributed by atoms with E-state index in [4.69, 9.17) is 0 Å². The first-order valence-electron chi connectivity index (χ1n) is 5.81. The summed E-state index contributed by atoms with van der Waals surface area (Å²) in [5.41, 5.74) is -1.35. The standard InChI is InChI=1S/C12H14FNO4S/c13-9-3-1-2-4-10(9)14-12(11(15)16)5-7-19(17,18)8-6-12/h1-4,14H,5-8H2,(H,15,16). The number of hydrogen-bond donors (Lipinski definition) is 2. The van der Waals surface area contributed by atoms with Crippen LogP contribution in [0.4, 0.5) is 10.1 Å². The van der Waals surface area contributed by atoms with Crippen molar-refractivity contribution in [3.8, 4) is 0 Å². The Hall–Kier alpha value is -1.63. The first-order valence-corrected chi connectivity index (χ1v) is 7.63. The van der Waals surface area contributed by atoms with E-state index in [2.05, 4.69) is 5.32 Å². The van der Waals surface area contributed by atoms with E-state index in [-0.39, 0.29) is 30.0 Å². The molecule has 1 saturated heterocycles. The highest BCUT2D eigenvalue weighted by Crippen LogP contribution is 2.29. The number of aliphatic carboxylic acids is 1. The van der Waals surface area contributed by atoms with Crippen LogP contribution < -0.4 is 5.32 Å². The second-order valence-corrected chi connectivity index (χ2v) is 6.95. The fourth-order valence-electron chi connectivity index (χ4n) is 2.10. The summed E-state index contributed by atoms with van der Waals surface area (Å²) in [6.45, 7) is 0. The Morgan fingerprint density at radius 1 is 1.26 bits per heavy atom. The Balaban J connectivity index is 2.28. The molecule has 1 aromatic rings. The quantitative estimate of drug-likeness (QED) is 0.874. The number of carbonyl (C=O) groups is 1. The lowest BCUT2D eigenvalue weighted by atomic mass is 9.92. The van der Waals surface area contributed by atoms with Crippen LogP contribution in [-0.4, -0.2) is 36.5 Å². The van der Waals surface area contributed by atoms with E-state index < -0.39 is 27.2 Å². The molecule has 1 fully saturated rings. The molecule has 19 heavy (non-hydrogen) atoms. The lowest BCUT2D eigenvalue weighted by Gasteiger charge is -2.34. The van der Waals surface area contributed by atoms with Gasteiger partial charge in [0.2, 0.25) is 0 Å². The number of para-hydroxylation sites is 1. The van der Waals surface area contributed by atoms with Crippen LogP contribution in [-0.2, 0) is 14.6 Å². The maximum Gasteiger partial charge on any atom is 0.329 e. The van der Waals surface area contributed by atoms with Gasteiger partial charge in [-0.25, -0.2) is 17.6 Å². The van der Waals surface area contributed by atoms with Crippen LogP contribution in [0.1, 0.15) is 12.8 Å². The van der Waals surface area contributed by atoms with Crippen LogP contribution in [0.25, 0.3) is 0 Å². The summed E-state index contributed by atoms with van der Waals surface area (Å²) in [6, 6.07) is 5.74. The van der Waals surface area contributed by atoms with Gasteiger partial charge in [0.15, 0.2) is 9.84 Å². The number of benzene rings is 1. The summed E-state index contributed by atoms with van der Waals surface area (Å²) in [7, 11) is -3.19. The summed E-state index contributed by atoms with van der Waals surface area (Å²) in [5, 5.41) is 12.0. The van der Waals surface area contributed by atoms with Gasteiger partial charge in [0.05, 0.1) is 17.2 Å². The molecule has 1 aromatic carbocycles. The summed E-state index contributed by atoms with van der Waals surface area (Å²) in [4.78, 5) is 11.4. The molecule has 5 nitrogen and oxygen atoms in total. The van der Waals surface area contributed by atoms with Gasteiger partial charge in [-0.05, 0) is 25.0 Å². The first-order chi connectivity index (χ1) is 8.85. The van der Waals surface area contributed by atoms with Crippen molar-refractivity contribution in [1.29, 1.82) is 0 Å². The lowest BCUT2D eigenvalue weighted by molar-refractivity contribution is -0.142. The van der Waals surface area contributed by atoms with Gasteiger partial charge in [-0.15, -0.1) is 0 Å². The zero-order chi connectivity index (χ0) is 14.1. The van der Waals surface area contributed by atoms with Gasteiger partial charge in [0.25, 0.3) is 0 Å². The van der Waals surface area contributed by atoms with Gasteiger partial charge < -0.3 is 10.4 Å². The van der Waals surface area contributed by atoms with Crippen molar-refractivity contribution >= 4 is 21.5 Å². The molecule has 1 heterocycles. The van der Waals surface area contributed by atoms with E-state index in [1.54, 1.807) is 6.07 Å². The Bertz CT molecular complexity index is 586. The minimum absolute atomic E-state index is 0.0704. The molecule has 0 aliphatic carbocycles. The molecular formula is C12H14FNO4S. The van der Waals surface area contributed by atoms with E-state index in [1.165, 1.54) is 18.2 Å². The zero-order valence-electron chi connectivity index (χ0n) is 10.1. The predicted octanol–water partition coefficient (Wildman–Crippen LogP) is 1.27. The molecule has 0 atom stereocenters. The fraction of sp³-hybridized carbons (Fsp3) is 0.417.